The van der Waals surface area contributed by atoms with Crippen LogP contribution in [0.5, 0.6) is 0 Å². The Labute approximate surface area is 143 Å². The van der Waals surface area contributed by atoms with Gasteiger partial charge in [-0.25, -0.2) is 4.98 Å². The Bertz CT molecular complexity index is 669. The van der Waals surface area contributed by atoms with Gasteiger partial charge in [0.15, 0.2) is 0 Å². The van der Waals surface area contributed by atoms with Crippen molar-refractivity contribution < 1.29 is 4.79 Å². The summed E-state index contributed by atoms with van der Waals surface area (Å²) in [5.41, 5.74) is 1.09. The first-order valence-electron chi connectivity index (χ1n) is 8.53. The molecule has 0 saturated carbocycles. The molecule has 3 rings (SSSR count). The van der Waals surface area contributed by atoms with Crippen LogP contribution in [0.25, 0.3) is 0 Å². The van der Waals surface area contributed by atoms with Crippen molar-refractivity contribution in [2.45, 2.75) is 31.7 Å². The fourth-order valence-corrected chi connectivity index (χ4v) is 3.28. The second-order valence-electron chi connectivity index (χ2n) is 6.38. The Morgan fingerprint density at radius 1 is 1.33 bits per heavy atom. The first-order valence-corrected chi connectivity index (χ1v) is 8.53. The van der Waals surface area contributed by atoms with Crippen molar-refractivity contribution in [3.63, 3.8) is 0 Å². The van der Waals surface area contributed by atoms with Crippen LogP contribution in [0.3, 0.4) is 0 Å². The summed E-state index contributed by atoms with van der Waals surface area (Å²) in [5.74, 6) is 1.20. The van der Waals surface area contributed by atoms with Crippen LogP contribution in [0.15, 0.2) is 36.7 Å². The van der Waals surface area contributed by atoms with Gasteiger partial charge in [0.1, 0.15) is 5.82 Å². The Balaban J connectivity index is 1.56. The highest BCUT2D eigenvalue weighted by Crippen LogP contribution is 2.20. The van der Waals surface area contributed by atoms with E-state index in [1.54, 1.807) is 6.20 Å². The summed E-state index contributed by atoms with van der Waals surface area (Å²) in [7, 11) is 3.84. The van der Waals surface area contributed by atoms with E-state index in [1.807, 2.05) is 54.1 Å². The van der Waals surface area contributed by atoms with Crippen molar-refractivity contribution in [3.05, 3.63) is 42.4 Å². The van der Waals surface area contributed by atoms with E-state index in [1.165, 1.54) is 0 Å². The van der Waals surface area contributed by atoms with Crippen LogP contribution < -0.4 is 4.90 Å². The van der Waals surface area contributed by atoms with Gasteiger partial charge in [0.25, 0.3) is 0 Å². The third-order valence-electron chi connectivity index (χ3n) is 4.83. The van der Waals surface area contributed by atoms with Gasteiger partial charge in [-0.2, -0.15) is 5.10 Å². The van der Waals surface area contributed by atoms with E-state index in [0.29, 0.717) is 6.42 Å². The standard InChI is InChI=1S/C18H25N5O/c1-21(18(24)9-8-15-10-12-20-22(15)2)16-6-5-13-23(14-16)17-7-3-4-11-19-17/h3-4,7,10-12,16H,5-6,8-9,13-14H2,1-2H3/t16-/m1/s1. The van der Waals surface area contributed by atoms with Crippen LogP contribution in [0, 0.1) is 0 Å². The van der Waals surface area contributed by atoms with Gasteiger partial charge in [0.2, 0.25) is 5.91 Å². The van der Waals surface area contributed by atoms with Crippen molar-refractivity contribution in [2.75, 3.05) is 25.0 Å². The number of piperidine rings is 1. The molecule has 2 aromatic rings. The molecule has 0 bridgehead atoms. The number of amides is 1. The Morgan fingerprint density at radius 2 is 2.21 bits per heavy atom. The average molecular weight is 327 g/mol. The van der Waals surface area contributed by atoms with Crippen molar-refractivity contribution in [1.82, 2.24) is 19.7 Å². The van der Waals surface area contributed by atoms with Crippen LogP contribution in [-0.2, 0) is 18.3 Å². The number of aryl methyl sites for hydroxylation is 2. The number of aromatic nitrogens is 3. The molecule has 0 N–H and O–H groups in total. The lowest BCUT2D eigenvalue weighted by Crippen LogP contribution is -2.49. The predicted octanol–water partition coefficient (Wildman–Crippen LogP) is 1.88. The summed E-state index contributed by atoms with van der Waals surface area (Å²) in [6.45, 7) is 1.86. The molecule has 6 heteroatoms. The molecule has 1 amide bonds. The summed E-state index contributed by atoms with van der Waals surface area (Å²) in [6.07, 6.45) is 6.99. The van der Waals surface area contributed by atoms with Crippen molar-refractivity contribution >= 4 is 11.7 Å². The molecule has 1 fully saturated rings. The normalized spacial score (nSPS) is 17.8. The molecular weight excluding hydrogens is 302 g/mol. The first kappa shape index (κ1) is 16.5. The van der Waals surface area contributed by atoms with Crippen LogP contribution in [-0.4, -0.2) is 51.8 Å². The summed E-state index contributed by atoms with van der Waals surface area (Å²) in [5, 5.41) is 4.15. The molecule has 128 valence electrons. The first-order chi connectivity index (χ1) is 11.6. The van der Waals surface area contributed by atoms with Gasteiger partial charge in [-0.3, -0.25) is 9.48 Å². The highest BCUT2D eigenvalue weighted by Gasteiger charge is 2.26. The number of carbonyl (C=O) groups is 1. The zero-order chi connectivity index (χ0) is 16.9. The molecule has 24 heavy (non-hydrogen) atoms. The highest BCUT2D eigenvalue weighted by molar-refractivity contribution is 5.76. The largest absolute Gasteiger partial charge is 0.355 e. The fraction of sp³-hybridized carbons (Fsp3) is 0.500. The van der Waals surface area contributed by atoms with Gasteiger partial charge in [-0.05, 0) is 37.5 Å². The molecule has 0 radical (unpaired) electrons. The molecule has 0 unspecified atom stereocenters. The SMILES string of the molecule is CN(C(=O)CCc1ccnn1C)[C@@H]1CCCN(c2ccccn2)C1. The van der Waals surface area contributed by atoms with Gasteiger partial charge in [0, 0.05) is 57.7 Å². The molecule has 0 spiro atoms. The number of likely N-dealkylation sites (N-methyl/N-ethyl adjacent to an activating group) is 1. The summed E-state index contributed by atoms with van der Waals surface area (Å²) < 4.78 is 1.83. The smallest absolute Gasteiger partial charge is 0.223 e. The molecule has 6 nitrogen and oxygen atoms in total. The fourth-order valence-electron chi connectivity index (χ4n) is 3.28. The molecule has 1 aliphatic rings. The topological polar surface area (TPSA) is 54.3 Å². The molecule has 1 aliphatic heterocycles. The Hall–Kier alpha value is -2.37. The van der Waals surface area contributed by atoms with E-state index < -0.39 is 0 Å². The lowest BCUT2D eigenvalue weighted by atomic mass is 10.0. The van der Waals surface area contributed by atoms with Gasteiger partial charge in [-0.15, -0.1) is 0 Å². The molecule has 0 aliphatic carbocycles. The van der Waals surface area contributed by atoms with E-state index in [4.69, 9.17) is 0 Å². The van der Waals surface area contributed by atoms with Crippen LogP contribution in [0.2, 0.25) is 0 Å². The van der Waals surface area contributed by atoms with Crippen LogP contribution in [0.4, 0.5) is 5.82 Å². The van der Waals surface area contributed by atoms with E-state index >= 15 is 0 Å². The Morgan fingerprint density at radius 3 is 2.92 bits per heavy atom. The van der Waals surface area contributed by atoms with Crippen LogP contribution in [0.1, 0.15) is 25.0 Å². The number of hydrogen-bond acceptors (Lipinski definition) is 4. The van der Waals surface area contributed by atoms with Crippen molar-refractivity contribution in [2.24, 2.45) is 7.05 Å². The van der Waals surface area contributed by atoms with E-state index in [-0.39, 0.29) is 11.9 Å². The minimum Gasteiger partial charge on any atom is -0.355 e. The number of anilines is 1. The number of rotatable bonds is 5. The number of nitrogens with zero attached hydrogens (tertiary/aromatic N) is 5. The van der Waals surface area contributed by atoms with E-state index in [2.05, 4.69) is 15.0 Å². The van der Waals surface area contributed by atoms with E-state index in [0.717, 1.165) is 43.9 Å². The Kier molecular flexibility index (Phi) is 5.13. The quantitative estimate of drug-likeness (QED) is 0.841. The second kappa shape index (κ2) is 7.47. The third kappa shape index (κ3) is 3.75. The van der Waals surface area contributed by atoms with Crippen molar-refractivity contribution in [3.8, 4) is 0 Å². The maximum absolute atomic E-state index is 12.6. The van der Waals surface area contributed by atoms with Crippen molar-refractivity contribution in [1.29, 1.82) is 0 Å². The zero-order valence-electron chi connectivity index (χ0n) is 14.4. The van der Waals surface area contributed by atoms with E-state index in [9.17, 15) is 4.79 Å². The number of pyridine rings is 1. The second-order valence-corrected chi connectivity index (χ2v) is 6.38. The lowest BCUT2D eigenvalue weighted by molar-refractivity contribution is -0.132. The maximum Gasteiger partial charge on any atom is 0.223 e. The molecular formula is C18H25N5O. The zero-order valence-corrected chi connectivity index (χ0v) is 14.4. The summed E-state index contributed by atoms with van der Waals surface area (Å²) >= 11 is 0. The molecule has 0 aromatic carbocycles. The maximum atomic E-state index is 12.6. The third-order valence-corrected chi connectivity index (χ3v) is 4.83. The molecule has 2 aromatic heterocycles. The van der Waals surface area contributed by atoms with Crippen LogP contribution >= 0.6 is 0 Å². The molecule has 1 atom stereocenters. The molecule has 1 saturated heterocycles. The highest BCUT2D eigenvalue weighted by atomic mass is 16.2. The van der Waals surface area contributed by atoms with Gasteiger partial charge in [0.05, 0.1) is 0 Å². The van der Waals surface area contributed by atoms with Gasteiger partial charge in [-0.1, -0.05) is 6.07 Å². The summed E-state index contributed by atoms with van der Waals surface area (Å²) in [4.78, 5) is 21.2. The van der Waals surface area contributed by atoms with Gasteiger partial charge >= 0.3 is 0 Å². The monoisotopic (exact) mass is 327 g/mol. The summed E-state index contributed by atoms with van der Waals surface area (Å²) in [6, 6.07) is 8.19. The minimum absolute atomic E-state index is 0.198. The minimum atomic E-state index is 0.198. The lowest BCUT2D eigenvalue weighted by Gasteiger charge is -2.38. The predicted molar refractivity (Wildman–Crippen MR) is 93.8 cm³/mol. The molecule has 3 heterocycles. The average Bonchev–Trinajstić information content (AvgIpc) is 3.05. The van der Waals surface area contributed by atoms with Gasteiger partial charge < -0.3 is 9.80 Å². The number of hydrogen-bond donors (Lipinski definition) is 0. The number of carbonyl (C=O) groups excluding carboxylic acids is 1.